The SMILES string of the molecule is COc1ccccc1C(C)CC(=O)NC(CCC(C)(C)C)C(=O)O. The van der Waals surface area contributed by atoms with Gasteiger partial charge in [0.2, 0.25) is 5.91 Å². The van der Waals surface area contributed by atoms with Gasteiger partial charge in [-0.05, 0) is 35.8 Å². The molecule has 0 heterocycles. The second-order valence-electron chi connectivity index (χ2n) is 7.40. The number of nitrogens with one attached hydrogen (secondary N) is 1. The minimum atomic E-state index is -0.988. The van der Waals surface area contributed by atoms with Crippen LogP contribution in [-0.2, 0) is 9.59 Å². The van der Waals surface area contributed by atoms with Crippen molar-refractivity contribution in [1.29, 1.82) is 0 Å². The highest BCUT2D eigenvalue weighted by atomic mass is 16.5. The molecule has 0 aromatic heterocycles. The van der Waals surface area contributed by atoms with Gasteiger partial charge in [0.05, 0.1) is 7.11 Å². The lowest BCUT2D eigenvalue weighted by molar-refractivity contribution is -0.142. The van der Waals surface area contributed by atoms with Crippen LogP contribution in [0.2, 0.25) is 0 Å². The lowest BCUT2D eigenvalue weighted by atomic mass is 9.88. The summed E-state index contributed by atoms with van der Waals surface area (Å²) in [6, 6.07) is 6.71. The van der Waals surface area contributed by atoms with Crippen molar-refractivity contribution in [3.05, 3.63) is 29.8 Å². The van der Waals surface area contributed by atoms with Crippen molar-refractivity contribution >= 4 is 11.9 Å². The normalized spacial score (nSPS) is 13.9. The van der Waals surface area contributed by atoms with Gasteiger partial charge >= 0.3 is 5.97 Å². The summed E-state index contributed by atoms with van der Waals surface area (Å²) in [5.41, 5.74) is 0.972. The summed E-state index contributed by atoms with van der Waals surface area (Å²) >= 11 is 0. The predicted molar refractivity (Wildman–Crippen MR) is 94.3 cm³/mol. The molecule has 2 unspecified atom stereocenters. The molecule has 2 atom stereocenters. The average molecular weight is 335 g/mol. The molecular weight excluding hydrogens is 306 g/mol. The average Bonchev–Trinajstić information content (AvgIpc) is 2.50. The number of hydrogen-bond acceptors (Lipinski definition) is 3. The minimum Gasteiger partial charge on any atom is -0.496 e. The monoisotopic (exact) mass is 335 g/mol. The van der Waals surface area contributed by atoms with Crippen molar-refractivity contribution in [3.63, 3.8) is 0 Å². The molecular formula is C19H29NO4. The molecule has 2 N–H and O–H groups in total. The second-order valence-corrected chi connectivity index (χ2v) is 7.40. The van der Waals surface area contributed by atoms with E-state index in [4.69, 9.17) is 4.74 Å². The van der Waals surface area contributed by atoms with Crippen molar-refractivity contribution in [2.45, 2.75) is 58.9 Å². The van der Waals surface area contributed by atoms with E-state index in [1.165, 1.54) is 0 Å². The second kappa shape index (κ2) is 8.71. The number of hydrogen-bond donors (Lipinski definition) is 2. The van der Waals surface area contributed by atoms with Crippen LogP contribution in [0.1, 0.15) is 58.4 Å². The first-order valence-corrected chi connectivity index (χ1v) is 8.29. The quantitative estimate of drug-likeness (QED) is 0.761. The van der Waals surface area contributed by atoms with E-state index in [0.29, 0.717) is 6.42 Å². The van der Waals surface area contributed by atoms with Gasteiger partial charge in [0.1, 0.15) is 11.8 Å². The van der Waals surface area contributed by atoms with E-state index in [0.717, 1.165) is 17.7 Å². The number of benzene rings is 1. The largest absolute Gasteiger partial charge is 0.496 e. The molecule has 0 saturated carbocycles. The van der Waals surface area contributed by atoms with E-state index < -0.39 is 12.0 Å². The fourth-order valence-corrected chi connectivity index (χ4v) is 2.55. The lowest BCUT2D eigenvalue weighted by Gasteiger charge is -2.22. The Morgan fingerprint density at radius 1 is 1.25 bits per heavy atom. The number of carboxylic acid groups (broad SMARTS) is 1. The number of carbonyl (C=O) groups excluding carboxylic acids is 1. The molecule has 134 valence electrons. The van der Waals surface area contributed by atoms with Crippen LogP contribution in [0.15, 0.2) is 24.3 Å². The minimum absolute atomic E-state index is 0.0309. The Balaban J connectivity index is 2.66. The zero-order valence-corrected chi connectivity index (χ0v) is 15.3. The first-order valence-electron chi connectivity index (χ1n) is 8.29. The summed E-state index contributed by atoms with van der Waals surface area (Å²) in [6.07, 6.45) is 1.37. The smallest absolute Gasteiger partial charge is 0.326 e. The van der Waals surface area contributed by atoms with Gasteiger partial charge in [-0.15, -0.1) is 0 Å². The van der Waals surface area contributed by atoms with Crippen molar-refractivity contribution < 1.29 is 19.4 Å². The van der Waals surface area contributed by atoms with E-state index >= 15 is 0 Å². The molecule has 0 aliphatic carbocycles. The molecule has 0 aliphatic heterocycles. The van der Waals surface area contributed by atoms with E-state index in [2.05, 4.69) is 26.1 Å². The number of rotatable bonds is 8. The predicted octanol–water partition coefficient (Wildman–Crippen LogP) is 3.58. The third-order valence-corrected chi connectivity index (χ3v) is 3.98. The lowest BCUT2D eigenvalue weighted by Crippen LogP contribution is -2.41. The van der Waals surface area contributed by atoms with E-state index in [-0.39, 0.29) is 23.7 Å². The first-order chi connectivity index (χ1) is 11.1. The molecule has 1 rings (SSSR count). The molecule has 1 aromatic carbocycles. The van der Waals surface area contributed by atoms with E-state index in [1.807, 2.05) is 31.2 Å². The number of carbonyl (C=O) groups is 2. The number of ether oxygens (including phenoxy) is 1. The van der Waals surface area contributed by atoms with Gasteiger partial charge in [-0.25, -0.2) is 4.79 Å². The Kier molecular flexibility index (Phi) is 7.26. The zero-order valence-electron chi connectivity index (χ0n) is 15.3. The molecule has 0 radical (unpaired) electrons. The van der Waals surface area contributed by atoms with Crippen LogP contribution in [0.4, 0.5) is 0 Å². The topological polar surface area (TPSA) is 75.6 Å². The fraction of sp³-hybridized carbons (Fsp3) is 0.579. The third-order valence-electron chi connectivity index (χ3n) is 3.98. The fourth-order valence-electron chi connectivity index (χ4n) is 2.55. The summed E-state index contributed by atoms with van der Waals surface area (Å²) in [7, 11) is 1.60. The van der Waals surface area contributed by atoms with Gasteiger partial charge in [0.25, 0.3) is 0 Å². The maximum Gasteiger partial charge on any atom is 0.326 e. The van der Waals surface area contributed by atoms with Gasteiger partial charge in [-0.2, -0.15) is 0 Å². The molecule has 0 saturated heterocycles. The highest BCUT2D eigenvalue weighted by Crippen LogP contribution is 2.28. The number of methoxy groups -OCH3 is 1. The van der Waals surface area contributed by atoms with Gasteiger partial charge in [-0.3, -0.25) is 4.79 Å². The molecule has 0 fully saturated rings. The molecule has 5 nitrogen and oxygen atoms in total. The van der Waals surface area contributed by atoms with Crippen LogP contribution in [-0.4, -0.2) is 30.1 Å². The van der Waals surface area contributed by atoms with E-state index in [1.54, 1.807) is 7.11 Å². The number of amides is 1. The summed E-state index contributed by atoms with van der Waals surface area (Å²) in [4.78, 5) is 23.6. The zero-order chi connectivity index (χ0) is 18.3. The molecule has 1 amide bonds. The van der Waals surface area contributed by atoms with Crippen LogP contribution >= 0.6 is 0 Å². The Morgan fingerprint density at radius 2 is 1.88 bits per heavy atom. The molecule has 5 heteroatoms. The molecule has 0 spiro atoms. The Labute approximate surface area is 144 Å². The Hall–Kier alpha value is -2.04. The molecule has 24 heavy (non-hydrogen) atoms. The third kappa shape index (κ3) is 6.60. The molecule has 0 bridgehead atoms. The Bertz CT molecular complexity index is 563. The summed E-state index contributed by atoms with van der Waals surface area (Å²) in [5, 5.41) is 12.0. The van der Waals surface area contributed by atoms with Crippen molar-refractivity contribution in [2.24, 2.45) is 5.41 Å². The van der Waals surface area contributed by atoms with Gasteiger partial charge < -0.3 is 15.2 Å². The van der Waals surface area contributed by atoms with Gasteiger partial charge in [-0.1, -0.05) is 45.9 Å². The summed E-state index contributed by atoms with van der Waals surface area (Å²) < 4.78 is 5.32. The molecule has 0 aliphatic rings. The highest BCUT2D eigenvalue weighted by molar-refractivity contribution is 5.84. The van der Waals surface area contributed by atoms with Gasteiger partial charge in [0, 0.05) is 6.42 Å². The van der Waals surface area contributed by atoms with Crippen molar-refractivity contribution in [1.82, 2.24) is 5.32 Å². The number of carboxylic acids is 1. The number of aliphatic carboxylic acids is 1. The van der Waals surface area contributed by atoms with Crippen LogP contribution in [0.25, 0.3) is 0 Å². The van der Waals surface area contributed by atoms with Crippen molar-refractivity contribution in [2.75, 3.05) is 7.11 Å². The van der Waals surface area contributed by atoms with Crippen LogP contribution < -0.4 is 10.1 Å². The van der Waals surface area contributed by atoms with Crippen LogP contribution in [0, 0.1) is 5.41 Å². The number of para-hydroxylation sites is 1. The van der Waals surface area contributed by atoms with Gasteiger partial charge in [0.15, 0.2) is 0 Å². The summed E-state index contributed by atoms with van der Waals surface area (Å²) in [6.45, 7) is 8.09. The Morgan fingerprint density at radius 3 is 2.42 bits per heavy atom. The standard InChI is InChI=1S/C19H29NO4/c1-13(14-8-6-7-9-16(14)24-5)12-17(21)20-15(18(22)23)10-11-19(2,3)4/h6-9,13,15H,10-12H2,1-5H3,(H,20,21)(H,22,23). The van der Waals surface area contributed by atoms with E-state index in [9.17, 15) is 14.7 Å². The molecule has 1 aromatic rings. The van der Waals surface area contributed by atoms with Crippen LogP contribution in [0.3, 0.4) is 0 Å². The highest BCUT2D eigenvalue weighted by Gasteiger charge is 2.24. The first kappa shape index (κ1) is 20.0. The maximum atomic E-state index is 12.3. The van der Waals surface area contributed by atoms with Crippen LogP contribution in [0.5, 0.6) is 5.75 Å². The van der Waals surface area contributed by atoms with Crippen molar-refractivity contribution in [3.8, 4) is 5.75 Å². The maximum absolute atomic E-state index is 12.3. The summed E-state index contributed by atoms with van der Waals surface area (Å²) in [5.74, 6) is -0.564.